The molecule has 0 atom stereocenters. The van der Waals surface area contributed by atoms with Gasteiger partial charge in [0.25, 0.3) is 0 Å². The summed E-state index contributed by atoms with van der Waals surface area (Å²) in [6, 6.07) is 11.6. The van der Waals surface area contributed by atoms with Gasteiger partial charge in [0.15, 0.2) is 6.29 Å². The minimum absolute atomic E-state index is 0.106. The number of benzene rings is 2. The quantitative estimate of drug-likeness (QED) is 0.670. The molecule has 0 spiro atoms. The van der Waals surface area contributed by atoms with Crippen LogP contribution >= 0.6 is 15.9 Å². The van der Waals surface area contributed by atoms with Crippen molar-refractivity contribution in [3.63, 3.8) is 0 Å². The zero-order chi connectivity index (χ0) is 15.6. The Morgan fingerprint density at radius 2 is 1.71 bits per heavy atom. The molecule has 2 rings (SSSR count). The molecule has 0 bridgehead atoms. The van der Waals surface area contributed by atoms with Crippen molar-refractivity contribution in [3.05, 3.63) is 57.6 Å². The number of halogens is 1. The molecule has 0 fully saturated rings. The standard InChI is InChI=1S/C18H19BrO2/c1-12-9-14(18(2,3)4)5-7-16(12)21-17-8-6-15(19)10-13(17)11-20/h5-11H,1-4H3. The first kappa shape index (κ1) is 15.8. The van der Waals surface area contributed by atoms with Crippen LogP contribution in [0.1, 0.15) is 42.3 Å². The molecule has 0 aliphatic rings. The molecule has 0 N–H and O–H groups in total. The zero-order valence-electron chi connectivity index (χ0n) is 12.7. The summed E-state index contributed by atoms with van der Waals surface area (Å²) in [5, 5.41) is 0. The van der Waals surface area contributed by atoms with E-state index in [1.165, 1.54) is 5.56 Å². The predicted octanol–water partition coefficient (Wildman–Crippen LogP) is 5.66. The Morgan fingerprint density at radius 3 is 2.29 bits per heavy atom. The molecule has 0 saturated heterocycles. The van der Waals surface area contributed by atoms with Gasteiger partial charge in [-0.05, 0) is 47.7 Å². The lowest BCUT2D eigenvalue weighted by Gasteiger charge is -2.20. The monoisotopic (exact) mass is 346 g/mol. The number of hydrogen-bond donors (Lipinski definition) is 0. The summed E-state index contributed by atoms with van der Waals surface area (Å²) in [7, 11) is 0. The van der Waals surface area contributed by atoms with Gasteiger partial charge >= 0.3 is 0 Å². The fraction of sp³-hybridized carbons (Fsp3) is 0.278. The molecule has 110 valence electrons. The first-order valence-electron chi connectivity index (χ1n) is 6.85. The van der Waals surface area contributed by atoms with Crippen molar-refractivity contribution in [2.75, 3.05) is 0 Å². The fourth-order valence-electron chi connectivity index (χ4n) is 2.05. The Bertz CT molecular complexity index is 669. The van der Waals surface area contributed by atoms with Crippen molar-refractivity contribution in [2.24, 2.45) is 0 Å². The highest BCUT2D eigenvalue weighted by atomic mass is 79.9. The predicted molar refractivity (Wildman–Crippen MR) is 89.5 cm³/mol. The smallest absolute Gasteiger partial charge is 0.153 e. The van der Waals surface area contributed by atoms with Gasteiger partial charge in [-0.15, -0.1) is 0 Å². The third kappa shape index (κ3) is 3.73. The average molecular weight is 347 g/mol. The molecule has 0 radical (unpaired) electrons. The van der Waals surface area contributed by atoms with Gasteiger partial charge in [-0.1, -0.05) is 48.8 Å². The summed E-state index contributed by atoms with van der Waals surface area (Å²) in [4.78, 5) is 11.1. The van der Waals surface area contributed by atoms with Crippen LogP contribution in [0.5, 0.6) is 11.5 Å². The Kier molecular flexibility index (Phi) is 4.52. The first-order valence-corrected chi connectivity index (χ1v) is 7.64. The van der Waals surface area contributed by atoms with Crippen molar-refractivity contribution >= 4 is 22.2 Å². The van der Waals surface area contributed by atoms with Gasteiger partial charge in [0.05, 0.1) is 5.56 Å². The molecule has 0 heterocycles. The molecule has 0 aromatic heterocycles. The fourth-order valence-corrected chi connectivity index (χ4v) is 2.43. The summed E-state index contributed by atoms with van der Waals surface area (Å²) in [6.45, 7) is 8.56. The SMILES string of the molecule is Cc1cc(C(C)(C)C)ccc1Oc1ccc(Br)cc1C=O. The molecule has 21 heavy (non-hydrogen) atoms. The van der Waals surface area contributed by atoms with Crippen LogP contribution in [-0.4, -0.2) is 6.29 Å². The maximum atomic E-state index is 11.1. The van der Waals surface area contributed by atoms with Crippen LogP contribution in [0.4, 0.5) is 0 Å². The van der Waals surface area contributed by atoms with Gasteiger partial charge in [0, 0.05) is 4.47 Å². The molecule has 2 aromatic carbocycles. The number of aldehydes is 1. The number of rotatable bonds is 3. The number of carbonyl (C=O) groups is 1. The van der Waals surface area contributed by atoms with E-state index in [1.807, 2.05) is 19.1 Å². The molecule has 2 aromatic rings. The van der Waals surface area contributed by atoms with Gasteiger partial charge in [-0.25, -0.2) is 0 Å². The van der Waals surface area contributed by atoms with Crippen molar-refractivity contribution in [1.29, 1.82) is 0 Å². The van der Waals surface area contributed by atoms with E-state index in [0.717, 1.165) is 22.1 Å². The molecule has 0 aliphatic carbocycles. The Balaban J connectivity index is 2.35. The minimum atomic E-state index is 0.106. The van der Waals surface area contributed by atoms with Gasteiger partial charge in [0.2, 0.25) is 0 Å². The van der Waals surface area contributed by atoms with E-state index in [0.29, 0.717) is 11.3 Å². The van der Waals surface area contributed by atoms with Crippen molar-refractivity contribution in [2.45, 2.75) is 33.1 Å². The molecule has 0 amide bonds. The lowest BCUT2D eigenvalue weighted by Crippen LogP contribution is -2.11. The van der Waals surface area contributed by atoms with E-state index in [1.54, 1.807) is 12.1 Å². The van der Waals surface area contributed by atoms with Crippen LogP contribution in [0, 0.1) is 6.92 Å². The van der Waals surface area contributed by atoms with Gasteiger partial charge in [-0.3, -0.25) is 4.79 Å². The van der Waals surface area contributed by atoms with Crippen molar-refractivity contribution in [3.8, 4) is 11.5 Å². The van der Waals surface area contributed by atoms with Crippen LogP contribution in [-0.2, 0) is 5.41 Å². The maximum absolute atomic E-state index is 11.1. The summed E-state index contributed by atoms with van der Waals surface area (Å²) in [5.74, 6) is 1.34. The van der Waals surface area contributed by atoms with Gasteiger partial charge in [0.1, 0.15) is 11.5 Å². The van der Waals surface area contributed by atoms with Crippen LogP contribution < -0.4 is 4.74 Å². The third-order valence-corrected chi connectivity index (χ3v) is 3.85. The Morgan fingerprint density at radius 1 is 1.05 bits per heavy atom. The number of ether oxygens (including phenoxy) is 1. The average Bonchev–Trinajstić information content (AvgIpc) is 2.41. The zero-order valence-corrected chi connectivity index (χ0v) is 14.3. The molecular weight excluding hydrogens is 328 g/mol. The summed E-state index contributed by atoms with van der Waals surface area (Å²) in [6.07, 6.45) is 0.805. The molecule has 0 unspecified atom stereocenters. The van der Waals surface area contributed by atoms with Crippen molar-refractivity contribution < 1.29 is 9.53 Å². The van der Waals surface area contributed by atoms with E-state index in [-0.39, 0.29) is 5.41 Å². The summed E-state index contributed by atoms with van der Waals surface area (Å²) < 4.78 is 6.76. The Hall–Kier alpha value is -1.61. The second kappa shape index (κ2) is 6.02. The lowest BCUT2D eigenvalue weighted by atomic mass is 9.86. The van der Waals surface area contributed by atoms with Gasteiger partial charge < -0.3 is 4.74 Å². The highest BCUT2D eigenvalue weighted by Gasteiger charge is 2.15. The highest BCUT2D eigenvalue weighted by molar-refractivity contribution is 9.10. The molecule has 2 nitrogen and oxygen atoms in total. The second-order valence-electron chi connectivity index (χ2n) is 6.13. The second-order valence-corrected chi connectivity index (χ2v) is 7.05. The summed E-state index contributed by atoms with van der Waals surface area (Å²) in [5.41, 5.74) is 2.96. The maximum Gasteiger partial charge on any atom is 0.153 e. The van der Waals surface area contributed by atoms with Crippen LogP contribution in [0.3, 0.4) is 0 Å². The van der Waals surface area contributed by atoms with Gasteiger partial charge in [-0.2, -0.15) is 0 Å². The van der Waals surface area contributed by atoms with E-state index in [4.69, 9.17) is 4.74 Å². The number of carbonyl (C=O) groups excluding carboxylic acids is 1. The lowest BCUT2D eigenvalue weighted by molar-refractivity contribution is 0.112. The molecule has 3 heteroatoms. The van der Waals surface area contributed by atoms with E-state index >= 15 is 0 Å². The van der Waals surface area contributed by atoms with E-state index < -0.39 is 0 Å². The van der Waals surface area contributed by atoms with Crippen LogP contribution in [0.2, 0.25) is 0 Å². The molecular formula is C18H19BrO2. The number of hydrogen-bond acceptors (Lipinski definition) is 2. The number of aryl methyl sites for hydroxylation is 1. The third-order valence-electron chi connectivity index (χ3n) is 3.36. The largest absolute Gasteiger partial charge is 0.456 e. The topological polar surface area (TPSA) is 26.3 Å². The highest BCUT2D eigenvalue weighted by Crippen LogP contribution is 2.32. The van der Waals surface area contributed by atoms with Crippen LogP contribution in [0.25, 0.3) is 0 Å². The molecule has 0 saturated carbocycles. The van der Waals surface area contributed by atoms with E-state index in [9.17, 15) is 4.79 Å². The minimum Gasteiger partial charge on any atom is -0.456 e. The Labute approximate surface area is 134 Å². The van der Waals surface area contributed by atoms with E-state index in [2.05, 4.69) is 48.8 Å². The first-order chi connectivity index (χ1) is 9.81. The normalized spacial score (nSPS) is 11.3. The van der Waals surface area contributed by atoms with Crippen molar-refractivity contribution in [1.82, 2.24) is 0 Å². The van der Waals surface area contributed by atoms with Crippen LogP contribution in [0.15, 0.2) is 40.9 Å². The molecule has 0 aliphatic heterocycles. The summed E-state index contributed by atoms with van der Waals surface area (Å²) >= 11 is 3.35.